The van der Waals surface area contributed by atoms with Crippen LogP contribution in [0.1, 0.15) is 27.2 Å². The molecule has 0 bridgehead atoms. The summed E-state index contributed by atoms with van der Waals surface area (Å²) in [6, 6.07) is 8.89. The lowest BCUT2D eigenvalue weighted by Crippen LogP contribution is -2.13. The Morgan fingerprint density at radius 2 is 2.14 bits per heavy atom. The Labute approximate surface area is 123 Å². The van der Waals surface area contributed by atoms with Crippen molar-refractivity contribution < 1.29 is 9.90 Å². The van der Waals surface area contributed by atoms with E-state index in [1.54, 1.807) is 30.5 Å². The Morgan fingerprint density at radius 3 is 2.86 bits per heavy atom. The molecule has 0 aliphatic carbocycles. The lowest BCUT2D eigenvalue weighted by Gasteiger charge is -2.08. The molecule has 0 fully saturated rings. The Kier molecular flexibility index (Phi) is 4.70. The van der Waals surface area contributed by atoms with Gasteiger partial charge in [-0.1, -0.05) is 17.9 Å². The molecule has 2 rings (SSSR count). The van der Waals surface area contributed by atoms with Crippen LogP contribution in [0.3, 0.4) is 0 Å². The van der Waals surface area contributed by atoms with Gasteiger partial charge in [0.2, 0.25) is 0 Å². The Hall–Kier alpha value is -2.64. The number of anilines is 1. The first kappa shape index (κ1) is 14.8. The third-order valence-corrected chi connectivity index (χ3v) is 3.06. The zero-order valence-electron chi connectivity index (χ0n) is 12.0. The highest BCUT2D eigenvalue weighted by atomic mass is 16.2. The maximum atomic E-state index is 12.3. The molecule has 0 aliphatic rings. The number of aliphatic hydroxyl groups is 1. The highest BCUT2D eigenvalue weighted by Gasteiger charge is 2.09. The van der Waals surface area contributed by atoms with Crippen molar-refractivity contribution in [2.75, 3.05) is 11.9 Å². The van der Waals surface area contributed by atoms with Crippen LogP contribution >= 0.6 is 0 Å². The number of pyridine rings is 1. The van der Waals surface area contributed by atoms with Gasteiger partial charge in [-0.3, -0.25) is 9.78 Å². The summed E-state index contributed by atoms with van der Waals surface area (Å²) in [4.78, 5) is 16.4. The van der Waals surface area contributed by atoms with Crippen LogP contribution in [0.5, 0.6) is 0 Å². The molecule has 0 radical (unpaired) electrons. The molecule has 21 heavy (non-hydrogen) atoms. The second-order valence-electron chi connectivity index (χ2n) is 4.58. The van der Waals surface area contributed by atoms with E-state index in [1.165, 1.54) is 0 Å². The minimum Gasteiger partial charge on any atom is -0.384 e. The lowest BCUT2D eigenvalue weighted by molar-refractivity contribution is 0.102. The molecule has 0 atom stereocenters. The second kappa shape index (κ2) is 6.69. The fourth-order valence-corrected chi connectivity index (χ4v) is 1.84. The third kappa shape index (κ3) is 3.68. The molecule has 0 aliphatic heterocycles. The smallest absolute Gasteiger partial charge is 0.255 e. The number of hydrogen-bond donors (Lipinski definition) is 2. The minimum absolute atomic E-state index is 0.204. The number of aliphatic hydroxyl groups excluding tert-OH is 1. The van der Waals surface area contributed by atoms with E-state index in [-0.39, 0.29) is 12.5 Å². The maximum absolute atomic E-state index is 12.3. The Bertz CT molecular complexity index is 727. The molecule has 106 valence electrons. The molecule has 0 saturated carbocycles. The third-order valence-electron chi connectivity index (χ3n) is 3.06. The summed E-state index contributed by atoms with van der Waals surface area (Å²) in [5, 5.41) is 11.6. The zero-order valence-corrected chi connectivity index (χ0v) is 12.0. The summed E-state index contributed by atoms with van der Waals surface area (Å²) < 4.78 is 0. The van der Waals surface area contributed by atoms with Gasteiger partial charge in [0.25, 0.3) is 5.91 Å². The van der Waals surface area contributed by atoms with Gasteiger partial charge in [-0.25, -0.2) is 0 Å². The van der Waals surface area contributed by atoms with E-state index in [4.69, 9.17) is 5.11 Å². The van der Waals surface area contributed by atoms with Gasteiger partial charge < -0.3 is 10.4 Å². The monoisotopic (exact) mass is 280 g/mol. The summed E-state index contributed by atoms with van der Waals surface area (Å²) in [7, 11) is 0. The van der Waals surface area contributed by atoms with Crippen LogP contribution in [0.2, 0.25) is 0 Å². The number of carbonyl (C=O) groups excluding carboxylic acids is 1. The van der Waals surface area contributed by atoms with Crippen molar-refractivity contribution in [2.45, 2.75) is 13.8 Å². The van der Waals surface area contributed by atoms with E-state index >= 15 is 0 Å². The van der Waals surface area contributed by atoms with E-state index < -0.39 is 0 Å². The summed E-state index contributed by atoms with van der Waals surface area (Å²) in [6.45, 7) is 3.54. The molecular formula is C17H16N2O2. The second-order valence-corrected chi connectivity index (χ2v) is 4.58. The number of carbonyl (C=O) groups is 1. The molecule has 0 spiro atoms. The van der Waals surface area contributed by atoms with Gasteiger partial charge in [-0.15, -0.1) is 0 Å². The first-order valence-corrected chi connectivity index (χ1v) is 6.55. The summed E-state index contributed by atoms with van der Waals surface area (Å²) in [5.41, 5.74) is 3.67. The molecule has 4 nitrogen and oxygen atoms in total. The van der Waals surface area contributed by atoms with Gasteiger partial charge >= 0.3 is 0 Å². The molecular weight excluding hydrogens is 264 g/mol. The standard InChI is InChI=1S/C17H16N2O2/c1-12-7-8-15(11-14(12)5-4-10-20)17(21)19-16-6-3-9-18-13(16)2/h3,6-9,11,20H,10H2,1-2H3,(H,19,21). The quantitative estimate of drug-likeness (QED) is 0.830. The van der Waals surface area contributed by atoms with Crippen molar-refractivity contribution in [3.63, 3.8) is 0 Å². The fourth-order valence-electron chi connectivity index (χ4n) is 1.84. The van der Waals surface area contributed by atoms with Crippen LogP contribution in [0, 0.1) is 25.7 Å². The number of rotatable bonds is 2. The van der Waals surface area contributed by atoms with Crippen molar-refractivity contribution in [2.24, 2.45) is 0 Å². The summed E-state index contributed by atoms with van der Waals surface area (Å²) in [5.74, 6) is 5.22. The average molecular weight is 280 g/mol. The molecule has 0 unspecified atom stereocenters. The predicted molar refractivity (Wildman–Crippen MR) is 82.1 cm³/mol. The van der Waals surface area contributed by atoms with Crippen molar-refractivity contribution in [3.05, 3.63) is 58.9 Å². The number of amides is 1. The van der Waals surface area contributed by atoms with Gasteiger partial charge in [-0.2, -0.15) is 0 Å². The van der Waals surface area contributed by atoms with Crippen LogP contribution in [-0.4, -0.2) is 22.6 Å². The van der Waals surface area contributed by atoms with Crippen LogP contribution in [-0.2, 0) is 0 Å². The van der Waals surface area contributed by atoms with Crippen LogP contribution in [0.15, 0.2) is 36.5 Å². The number of nitrogens with zero attached hydrogens (tertiary/aromatic N) is 1. The molecule has 1 aromatic carbocycles. The number of nitrogens with one attached hydrogen (secondary N) is 1. The van der Waals surface area contributed by atoms with E-state index in [0.29, 0.717) is 11.3 Å². The Balaban J connectivity index is 2.26. The lowest BCUT2D eigenvalue weighted by atomic mass is 10.0. The van der Waals surface area contributed by atoms with E-state index in [1.807, 2.05) is 19.9 Å². The van der Waals surface area contributed by atoms with Gasteiger partial charge in [0.15, 0.2) is 0 Å². The molecule has 1 amide bonds. The summed E-state index contributed by atoms with van der Waals surface area (Å²) in [6.07, 6.45) is 1.68. The Morgan fingerprint density at radius 1 is 1.33 bits per heavy atom. The largest absolute Gasteiger partial charge is 0.384 e. The number of hydrogen-bond acceptors (Lipinski definition) is 3. The van der Waals surface area contributed by atoms with Gasteiger partial charge in [0.1, 0.15) is 6.61 Å². The normalized spacial score (nSPS) is 9.67. The zero-order chi connectivity index (χ0) is 15.2. The van der Waals surface area contributed by atoms with E-state index in [2.05, 4.69) is 22.1 Å². The predicted octanol–water partition coefficient (Wildman–Crippen LogP) is 2.29. The summed E-state index contributed by atoms with van der Waals surface area (Å²) >= 11 is 0. The van der Waals surface area contributed by atoms with Crippen molar-refractivity contribution >= 4 is 11.6 Å². The maximum Gasteiger partial charge on any atom is 0.255 e. The van der Waals surface area contributed by atoms with Crippen LogP contribution in [0.4, 0.5) is 5.69 Å². The van der Waals surface area contributed by atoms with Crippen molar-refractivity contribution in [1.29, 1.82) is 0 Å². The van der Waals surface area contributed by atoms with Gasteiger partial charge in [0, 0.05) is 17.3 Å². The topological polar surface area (TPSA) is 62.2 Å². The fraction of sp³-hybridized carbons (Fsp3) is 0.176. The highest BCUT2D eigenvalue weighted by molar-refractivity contribution is 6.04. The molecule has 2 N–H and O–H groups in total. The first-order valence-electron chi connectivity index (χ1n) is 6.55. The minimum atomic E-state index is -0.210. The van der Waals surface area contributed by atoms with E-state index in [9.17, 15) is 4.79 Å². The number of aromatic nitrogens is 1. The van der Waals surface area contributed by atoms with E-state index in [0.717, 1.165) is 16.8 Å². The van der Waals surface area contributed by atoms with Crippen molar-refractivity contribution in [1.82, 2.24) is 4.98 Å². The molecule has 1 aromatic heterocycles. The average Bonchev–Trinajstić information content (AvgIpc) is 2.48. The SMILES string of the molecule is Cc1ccc(C(=O)Nc2cccnc2C)cc1C#CCO. The molecule has 0 saturated heterocycles. The van der Waals surface area contributed by atoms with Crippen LogP contribution < -0.4 is 5.32 Å². The number of benzene rings is 1. The van der Waals surface area contributed by atoms with Crippen molar-refractivity contribution in [3.8, 4) is 11.8 Å². The number of aryl methyl sites for hydroxylation is 2. The van der Waals surface area contributed by atoms with Gasteiger partial charge in [0.05, 0.1) is 11.4 Å². The highest BCUT2D eigenvalue weighted by Crippen LogP contribution is 2.15. The van der Waals surface area contributed by atoms with Crippen LogP contribution in [0.25, 0.3) is 0 Å². The first-order chi connectivity index (χ1) is 10.1. The van der Waals surface area contributed by atoms with Gasteiger partial charge in [-0.05, 0) is 43.7 Å². The molecule has 1 heterocycles. The molecule has 2 aromatic rings. The molecule has 4 heteroatoms.